The molecular formula is C15H22N2O2. The molecular weight excluding hydrogens is 240 g/mol. The molecule has 1 amide bonds. The van der Waals surface area contributed by atoms with Crippen LogP contribution in [0.15, 0.2) is 18.2 Å². The number of rotatable bonds is 4. The molecule has 2 rings (SSSR count). The van der Waals surface area contributed by atoms with Gasteiger partial charge in [-0.2, -0.15) is 0 Å². The Morgan fingerprint density at radius 1 is 1.42 bits per heavy atom. The van der Waals surface area contributed by atoms with Crippen LogP contribution in [0.25, 0.3) is 0 Å². The zero-order chi connectivity index (χ0) is 13.8. The molecule has 0 atom stereocenters. The van der Waals surface area contributed by atoms with Crippen LogP contribution in [0.2, 0.25) is 0 Å². The molecule has 0 bridgehead atoms. The van der Waals surface area contributed by atoms with Crippen LogP contribution in [-0.4, -0.2) is 35.0 Å². The number of carbonyl (C=O) groups excluding carboxylic acids is 1. The summed E-state index contributed by atoms with van der Waals surface area (Å²) in [5.41, 5.74) is 2.30. The van der Waals surface area contributed by atoms with E-state index in [-0.39, 0.29) is 11.7 Å². The average Bonchev–Trinajstić information content (AvgIpc) is 2.37. The fraction of sp³-hybridized carbons (Fsp3) is 0.533. The normalized spacial score (nSPS) is 14.6. The van der Waals surface area contributed by atoms with Gasteiger partial charge in [0.15, 0.2) is 0 Å². The van der Waals surface area contributed by atoms with Crippen molar-refractivity contribution in [2.45, 2.75) is 39.3 Å². The fourth-order valence-corrected chi connectivity index (χ4v) is 2.38. The van der Waals surface area contributed by atoms with Crippen molar-refractivity contribution in [1.29, 1.82) is 0 Å². The lowest BCUT2D eigenvalue weighted by Gasteiger charge is -2.29. The van der Waals surface area contributed by atoms with Gasteiger partial charge in [0, 0.05) is 32.1 Å². The van der Waals surface area contributed by atoms with E-state index >= 15 is 0 Å². The second-order valence-electron chi connectivity index (χ2n) is 5.38. The maximum atomic E-state index is 12.1. The number of nitrogens with one attached hydrogen (secondary N) is 1. The SMILES string of the molecule is CC(C)NCCC(=O)N1CCc2ccc(O)cc2C1. The highest BCUT2D eigenvalue weighted by atomic mass is 16.3. The topological polar surface area (TPSA) is 52.6 Å². The van der Waals surface area contributed by atoms with E-state index in [2.05, 4.69) is 19.2 Å². The minimum absolute atomic E-state index is 0.183. The lowest BCUT2D eigenvalue weighted by atomic mass is 9.99. The molecule has 0 radical (unpaired) electrons. The van der Waals surface area contributed by atoms with Gasteiger partial charge in [0.25, 0.3) is 0 Å². The van der Waals surface area contributed by atoms with Crippen molar-refractivity contribution in [3.8, 4) is 5.75 Å². The van der Waals surface area contributed by atoms with E-state index in [1.165, 1.54) is 5.56 Å². The van der Waals surface area contributed by atoms with Crippen LogP contribution in [0.3, 0.4) is 0 Å². The predicted octanol–water partition coefficient (Wildman–Crippen LogP) is 1.66. The minimum Gasteiger partial charge on any atom is -0.508 e. The van der Waals surface area contributed by atoms with Gasteiger partial charge in [-0.25, -0.2) is 0 Å². The molecule has 1 aliphatic rings. The third-order valence-electron chi connectivity index (χ3n) is 3.45. The van der Waals surface area contributed by atoms with E-state index in [1.807, 2.05) is 11.0 Å². The van der Waals surface area contributed by atoms with E-state index in [1.54, 1.807) is 12.1 Å². The van der Waals surface area contributed by atoms with Crippen molar-refractivity contribution in [3.63, 3.8) is 0 Å². The number of amides is 1. The smallest absolute Gasteiger partial charge is 0.224 e. The molecule has 2 N–H and O–H groups in total. The predicted molar refractivity (Wildman–Crippen MR) is 75.0 cm³/mol. The lowest BCUT2D eigenvalue weighted by Crippen LogP contribution is -2.38. The Morgan fingerprint density at radius 3 is 2.95 bits per heavy atom. The molecule has 104 valence electrons. The number of nitrogens with zero attached hydrogens (tertiary/aromatic N) is 1. The summed E-state index contributed by atoms with van der Waals surface area (Å²) in [5, 5.41) is 12.8. The van der Waals surface area contributed by atoms with Crippen LogP contribution in [-0.2, 0) is 17.8 Å². The number of hydrogen-bond acceptors (Lipinski definition) is 3. The second-order valence-corrected chi connectivity index (χ2v) is 5.38. The van der Waals surface area contributed by atoms with Crippen molar-refractivity contribution in [2.24, 2.45) is 0 Å². The summed E-state index contributed by atoms with van der Waals surface area (Å²) >= 11 is 0. The van der Waals surface area contributed by atoms with Gasteiger partial charge in [-0.15, -0.1) is 0 Å². The van der Waals surface area contributed by atoms with Crippen LogP contribution < -0.4 is 5.32 Å². The number of benzene rings is 1. The maximum Gasteiger partial charge on any atom is 0.224 e. The minimum atomic E-state index is 0.183. The van der Waals surface area contributed by atoms with E-state index in [4.69, 9.17) is 0 Å². The van der Waals surface area contributed by atoms with Gasteiger partial charge in [-0.05, 0) is 29.7 Å². The van der Waals surface area contributed by atoms with Gasteiger partial charge in [-0.3, -0.25) is 4.79 Å². The Balaban J connectivity index is 1.92. The number of aromatic hydroxyl groups is 1. The van der Waals surface area contributed by atoms with Crippen LogP contribution in [0.1, 0.15) is 31.4 Å². The summed E-state index contributed by atoms with van der Waals surface area (Å²) in [7, 11) is 0. The van der Waals surface area contributed by atoms with Crippen LogP contribution in [0, 0.1) is 0 Å². The highest BCUT2D eigenvalue weighted by Gasteiger charge is 2.20. The zero-order valence-electron chi connectivity index (χ0n) is 11.6. The first-order valence-electron chi connectivity index (χ1n) is 6.88. The second kappa shape index (κ2) is 6.06. The largest absolute Gasteiger partial charge is 0.508 e. The molecule has 4 nitrogen and oxygen atoms in total. The average molecular weight is 262 g/mol. The highest BCUT2D eigenvalue weighted by molar-refractivity contribution is 5.76. The van der Waals surface area contributed by atoms with Crippen molar-refractivity contribution in [1.82, 2.24) is 10.2 Å². The number of hydrogen-bond donors (Lipinski definition) is 2. The van der Waals surface area contributed by atoms with E-state index in [0.29, 0.717) is 19.0 Å². The van der Waals surface area contributed by atoms with Gasteiger partial charge in [0.05, 0.1) is 0 Å². The Morgan fingerprint density at radius 2 is 2.21 bits per heavy atom. The fourth-order valence-electron chi connectivity index (χ4n) is 2.38. The summed E-state index contributed by atoms with van der Waals surface area (Å²) in [6, 6.07) is 5.84. The van der Waals surface area contributed by atoms with Crippen molar-refractivity contribution in [2.75, 3.05) is 13.1 Å². The van der Waals surface area contributed by atoms with Gasteiger partial charge in [0.1, 0.15) is 5.75 Å². The van der Waals surface area contributed by atoms with Gasteiger partial charge in [-0.1, -0.05) is 19.9 Å². The van der Waals surface area contributed by atoms with Crippen molar-refractivity contribution < 1.29 is 9.90 Å². The Kier molecular flexibility index (Phi) is 4.43. The molecule has 0 aromatic heterocycles. The van der Waals surface area contributed by atoms with Crippen LogP contribution >= 0.6 is 0 Å². The molecule has 0 aliphatic carbocycles. The monoisotopic (exact) mass is 262 g/mol. The highest BCUT2D eigenvalue weighted by Crippen LogP contribution is 2.23. The summed E-state index contributed by atoms with van der Waals surface area (Å²) < 4.78 is 0. The van der Waals surface area contributed by atoms with Gasteiger partial charge < -0.3 is 15.3 Å². The molecule has 1 aliphatic heterocycles. The third-order valence-corrected chi connectivity index (χ3v) is 3.45. The molecule has 1 heterocycles. The quantitative estimate of drug-likeness (QED) is 0.868. The maximum absolute atomic E-state index is 12.1. The molecule has 0 fully saturated rings. The van der Waals surface area contributed by atoms with E-state index < -0.39 is 0 Å². The number of phenols is 1. The van der Waals surface area contributed by atoms with Gasteiger partial charge >= 0.3 is 0 Å². The van der Waals surface area contributed by atoms with Crippen molar-refractivity contribution in [3.05, 3.63) is 29.3 Å². The van der Waals surface area contributed by atoms with Crippen molar-refractivity contribution >= 4 is 5.91 Å². The summed E-state index contributed by atoms with van der Waals surface area (Å²) in [4.78, 5) is 14.0. The van der Waals surface area contributed by atoms with Gasteiger partial charge in [0.2, 0.25) is 5.91 Å². The van der Waals surface area contributed by atoms with E-state index in [9.17, 15) is 9.90 Å². The zero-order valence-corrected chi connectivity index (χ0v) is 11.6. The lowest BCUT2D eigenvalue weighted by molar-refractivity contribution is -0.132. The molecule has 0 saturated carbocycles. The Labute approximate surface area is 114 Å². The molecule has 0 saturated heterocycles. The first kappa shape index (κ1) is 13.9. The number of carbonyl (C=O) groups is 1. The summed E-state index contributed by atoms with van der Waals surface area (Å²) in [6.45, 7) is 6.26. The Bertz CT molecular complexity index is 457. The molecule has 1 aromatic rings. The summed E-state index contributed by atoms with van der Waals surface area (Å²) in [6.07, 6.45) is 1.41. The van der Waals surface area contributed by atoms with Crippen LogP contribution in [0.4, 0.5) is 0 Å². The van der Waals surface area contributed by atoms with Crippen LogP contribution in [0.5, 0.6) is 5.75 Å². The number of fused-ring (bicyclic) bond motifs is 1. The Hall–Kier alpha value is -1.55. The third kappa shape index (κ3) is 3.70. The first-order valence-corrected chi connectivity index (χ1v) is 6.88. The molecule has 0 spiro atoms. The molecule has 4 heteroatoms. The standard InChI is InChI=1S/C15H22N2O2/c1-11(2)16-7-5-15(19)17-8-6-12-3-4-14(18)9-13(12)10-17/h3-4,9,11,16,18H,5-8,10H2,1-2H3. The first-order chi connectivity index (χ1) is 9.06. The molecule has 19 heavy (non-hydrogen) atoms. The van der Waals surface area contributed by atoms with E-state index in [0.717, 1.165) is 25.1 Å². The number of phenolic OH excluding ortho intramolecular Hbond substituents is 1. The molecule has 1 aromatic carbocycles. The molecule has 0 unspecified atom stereocenters. The summed E-state index contributed by atoms with van der Waals surface area (Å²) in [5.74, 6) is 0.455.